The summed E-state index contributed by atoms with van der Waals surface area (Å²) in [4.78, 5) is 0. The van der Waals surface area contributed by atoms with Crippen molar-refractivity contribution in [2.75, 3.05) is 52.9 Å². The van der Waals surface area contributed by atoms with E-state index < -0.39 is 9.05 Å². The summed E-state index contributed by atoms with van der Waals surface area (Å²) in [6.45, 7) is 16.1. The summed E-state index contributed by atoms with van der Waals surface area (Å²) >= 11 is 0. The van der Waals surface area contributed by atoms with Crippen molar-refractivity contribution in [3.05, 3.63) is 0 Å². The summed E-state index contributed by atoms with van der Waals surface area (Å²) in [6, 6.07) is 0. The average molecular weight is 417 g/mol. The van der Waals surface area contributed by atoms with Gasteiger partial charge in [-0.1, -0.05) is 27.7 Å². The molecule has 0 amide bonds. The van der Waals surface area contributed by atoms with Gasteiger partial charge in [-0.2, -0.15) is 0 Å². The van der Waals surface area contributed by atoms with Gasteiger partial charge in [0.15, 0.2) is 0 Å². The van der Waals surface area contributed by atoms with E-state index in [4.69, 9.17) is 38.1 Å². The fraction of sp³-hybridized carbons (Fsp3) is 1.00. The van der Waals surface area contributed by atoms with E-state index in [1.807, 2.05) is 27.7 Å². The Morgan fingerprint density at radius 1 is 0.462 bits per heavy atom. The van der Waals surface area contributed by atoms with Crippen molar-refractivity contribution in [3.63, 3.8) is 0 Å². The molecule has 26 heavy (non-hydrogen) atoms. The molecule has 0 aromatic rings. The predicted octanol–water partition coefficient (Wildman–Crippen LogP) is -1.35. The summed E-state index contributed by atoms with van der Waals surface area (Å²) in [5, 5.41) is 35.7. The molecule has 0 aliphatic heterocycles. The molecule has 0 rings (SSSR count). The van der Waals surface area contributed by atoms with Gasteiger partial charge in [-0.15, -0.1) is 26.4 Å². The third-order valence-electron chi connectivity index (χ3n) is 1.28. The fourth-order valence-corrected chi connectivity index (χ4v) is 2.87. The normalized spacial score (nSPS) is 8.77. The van der Waals surface area contributed by atoms with Gasteiger partial charge in [-0.05, 0) is 27.7 Å². The van der Waals surface area contributed by atoms with Gasteiger partial charge in [0.25, 0.3) is 0 Å². The monoisotopic (exact) mass is 416 g/mol. The molecule has 160 valence electrons. The first-order chi connectivity index (χ1) is 11.9. The maximum atomic E-state index is 8.93. The fourth-order valence-electron chi connectivity index (χ4n) is 0.957. The van der Waals surface area contributed by atoms with Crippen molar-refractivity contribution >= 4 is 20.0 Å². The van der Waals surface area contributed by atoms with Crippen LogP contribution in [0.2, 0.25) is 0 Å². The molecule has 0 atom stereocenters. The van der Waals surface area contributed by atoms with Gasteiger partial charge < -0.3 is 38.1 Å². The molecule has 8 nitrogen and oxygen atoms in total. The summed E-state index contributed by atoms with van der Waals surface area (Å²) < 4.78 is 21.7. The molecule has 0 saturated carbocycles. The number of hydrogen-bond acceptors (Lipinski definition) is 8. The van der Waals surface area contributed by atoms with E-state index in [0.29, 0.717) is 26.4 Å². The van der Waals surface area contributed by atoms with Crippen molar-refractivity contribution in [1.82, 2.24) is 0 Å². The van der Waals surface area contributed by atoms with E-state index in [9.17, 15) is 0 Å². The second-order valence-corrected chi connectivity index (χ2v) is 5.54. The van der Waals surface area contributed by atoms with Crippen LogP contribution in [-0.4, -0.2) is 72.9 Å². The van der Waals surface area contributed by atoms with Crippen molar-refractivity contribution in [2.45, 2.75) is 55.4 Å². The predicted molar refractivity (Wildman–Crippen MR) is 100 cm³/mol. The third kappa shape index (κ3) is 49.6. The van der Waals surface area contributed by atoms with Crippen LogP contribution in [0.3, 0.4) is 0 Å². The van der Waals surface area contributed by atoms with E-state index in [0.717, 1.165) is 0 Å². The summed E-state index contributed by atoms with van der Waals surface area (Å²) in [5.41, 5.74) is 0. The molecule has 0 aromatic heterocycles. The zero-order chi connectivity index (χ0) is 21.0. The van der Waals surface area contributed by atoms with Crippen LogP contribution in [0.5, 0.6) is 0 Å². The molecule has 0 bridgehead atoms. The second-order valence-electron chi connectivity index (χ2n) is 3.39. The molecule has 0 radical (unpaired) electrons. The van der Waals surface area contributed by atoms with Gasteiger partial charge in [0, 0.05) is 26.4 Å². The Bertz CT molecular complexity index is 143. The molecule has 0 fully saturated rings. The summed E-state index contributed by atoms with van der Waals surface area (Å²) in [5.74, 6) is 0. The molecule has 0 aliphatic carbocycles. The van der Waals surface area contributed by atoms with Crippen LogP contribution in [-0.2, 0) is 17.7 Å². The maximum Gasteiger partial charge on any atom is 4.00 e. The first-order valence-corrected chi connectivity index (χ1v) is 10.4. The summed E-state index contributed by atoms with van der Waals surface area (Å²) in [7, 11) is -2.80. The van der Waals surface area contributed by atoms with Gasteiger partial charge in [-0.3, -0.25) is 0 Å². The minimum Gasteiger partial charge on any atom is -0.855 e. The Morgan fingerprint density at radius 2 is 0.577 bits per heavy atom. The largest absolute Gasteiger partial charge is 4.00 e. The molecule has 10 heteroatoms. The Balaban J connectivity index is -0.0000000635. The zero-order valence-corrected chi connectivity index (χ0v) is 19.9. The van der Waals surface area contributed by atoms with E-state index in [1.54, 1.807) is 27.7 Å². The van der Waals surface area contributed by atoms with Crippen molar-refractivity contribution in [3.8, 4) is 0 Å². The third-order valence-corrected chi connectivity index (χ3v) is 3.85. The van der Waals surface area contributed by atoms with E-state index in [1.165, 1.54) is 0 Å². The van der Waals surface area contributed by atoms with Crippen LogP contribution in [0.15, 0.2) is 0 Å². The van der Waals surface area contributed by atoms with E-state index in [-0.39, 0.29) is 37.4 Å². The van der Waals surface area contributed by atoms with E-state index in [2.05, 4.69) is 0 Å². The van der Waals surface area contributed by atoms with Crippen LogP contribution in [0, 0.1) is 0 Å². The van der Waals surface area contributed by atoms with Gasteiger partial charge in [0.05, 0.1) is 0 Å². The average Bonchev–Trinajstić information content (AvgIpc) is 2.51. The number of rotatable bonds is 8. The van der Waals surface area contributed by atoms with Crippen molar-refractivity contribution < 1.29 is 38.1 Å². The minimum atomic E-state index is -2.80. The van der Waals surface area contributed by atoms with Crippen LogP contribution in [0.25, 0.3) is 0 Å². The van der Waals surface area contributed by atoms with Crippen LogP contribution < -0.4 is 20.4 Å². The Morgan fingerprint density at radius 3 is 0.654 bits per heavy atom. The Hall–Kier alpha value is 0.114. The topological polar surface area (TPSA) is 129 Å². The van der Waals surface area contributed by atoms with Crippen molar-refractivity contribution in [2.24, 2.45) is 0 Å². The molecule has 0 N–H and O–H groups in total. The zero-order valence-electron chi connectivity index (χ0n) is 17.9. The molecule has 0 heterocycles. The number of hydrogen-bond donors (Lipinski definition) is 0. The Kier molecular flexibility index (Phi) is 69.7. The smallest absolute Gasteiger partial charge is 0.855 e. The van der Waals surface area contributed by atoms with Crippen LogP contribution in [0.4, 0.5) is 0 Å². The first kappa shape index (κ1) is 40.7. The molecule has 0 aromatic carbocycles. The standard InChI is InChI=1S/C8H20O4Si.4C2H5O.Si/c1-5-9-13(10-6-2,11-7-3)12-8-4;4*1-2-3;/h5-8H2,1-4H3;4*2H2,1H3;/q;4*-1;+4. The SMILES string of the molecule is CCO[Si](OCC)(OCC)OCC.CC[O-].CC[O-].CC[O-].CC[O-].[Si+4]. The van der Waals surface area contributed by atoms with Gasteiger partial charge in [0.2, 0.25) is 0 Å². The second kappa shape index (κ2) is 44.5. The molecular formula is C16H40O8Si2. The maximum absolute atomic E-state index is 8.93. The first-order valence-electron chi connectivity index (χ1n) is 8.78. The Labute approximate surface area is 167 Å². The van der Waals surface area contributed by atoms with Crippen LogP contribution in [0.1, 0.15) is 55.4 Å². The molecular weight excluding hydrogens is 376 g/mol. The molecule has 0 spiro atoms. The van der Waals surface area contributed by atoms with E-state index >= 15 is 0 Å². The molecule has 0 unspecified atom stereocenters. The van der Waals surface area contributed by atoms with Gasteiger partial charge in [0.1, 0.15) is 0 Å². The minimum absolute atomic E-state index is 0. The quantitative estimate of drug-likeness (QED) is 0.444. The van der Waals surface area contributed by atoms with Crippen molar-refractivity contribution in [1.29, 1.82) is 0 Å². The summed E-state index contributed by atoms with van der Waals surface area (Å²) in [6.07, 6.45) is 0. The molecule has 0 saturated heterocycles. The van der Waals surface area contributed by atoms with Gasteiger partial charge in [-0.25, -0.2) is 0 Å². The van der Waals surface area contributed by atoms with Gasteiger partial charge >= 0.3 is 20.0 Å². The van der Waals surface area contributed by atoms with Crippen LogP contribution >= 0.6 is 0 Å². The molecule has 0 aliphatic rings.